The van der Waals surface area contributed by atoms with Gasteiger partial charge in [-0.25, -0.2) is 4.98 Å². The number of aromatic nitrogens is 3. The molecule has 0 aliphatic carbocycles. The quantitative estimate of drug-likeness (QED) is 0.214. The van der Waals surface area contributed by atoms with Crippen LogP contribution in [0.4, 0.5) is 0 Å². The van der Waals surface area contributed by atoms with Gasteiger partial charge in [0.05, 0.1) is 0 Å². The number of aromatic amines is 1. The van der Waals surface area contributed by atoms with E-state index in [2.05, 4.69) is 51.4 Å². The molecule has 0 spiro atoms. The zero-order chi connectivity index (χ0) is 21.9. The minimum Gasteiger partial charge on any atom is -0.301 e. The van der Waals surface area contributed by atoms with E-state index in [9.17, 15) is 4.79 Å². The summed E-state index contributed by atoms with van der Waals surface area (Å²) in [5, 5.41) is 0.717. The highest BCUT2D eigenvalue weighted by Crippen LogP contribution is 2.16. The maximum atomic E-state index is 12.4. The topological polar surface area (TPSA) is 58.6 Å². The SMILES string of the molecule is Cc1cc(Cc2cnc(SCCCCCCCCc3ccccc3)[nH]c2=O)cnc1C. The highest BCUT2D eigenvalue weighted by molar-refractivity contribution is 7.99. The Kier molecular flexibility index (Phi) is 9.35. The average molecular weight is 436 g/mol. The molecule has 4 nitrogen and oxygen atoms in total. The second-order valence-electron chi connectivity index (χ2n) is 8.17. The first kappa shape index (κ1) is 23.3. The largest absolute Gasteiger partial charge is 0.301 e. The molecule has 0 fully saturated rings. The van der Waals surface area contributed by atoms with Crippen LogP contribution in [0.2, 0.25) is 0 Å². The smallest absolute Gasteiger partial charge is 0.255 e. The number of hydrogen-bond acceptors (Lipinski definition) is 4. The molecule has 2 aromatic heterocycles. The van der Waals surface area contributed by atoms with Crippen LogP contribution in [0, 0.1) is 13.8 Å². The molecule has 0 bridgehead atoms. The Hall–Kier alpha value is -2.40. The predicted octanol–water partition coefficient (Wildman–Crippen LogP) is 6.05. The Morgan fingerprint density at radius 1 is 0.871 bits per heavy atom. The molecule has 2 heterocycles. The van der Waals surface area contributed by atoms with E-state index in [4.69, 9.17) is 0 Å². The van der Waals surface area contributed by atoms with Crippen molar-refractivity contribution in [1.29, 1.82) is 0 Å². The minimum absolute atomic E-state index is 0.0471. The molecular formula is C26H33N3OS. The van der Waals surface area contributed by atoms with Crippen molar-refractivity contribution in [2.24, 2.45) is 0 Å². The fourth-order valence-corrected chi connectivity index (χ4v) is 4.41. The minimum atomic E-state index is -0.0471. The molecule has 0 amide bonds. The third-order valence-electron chi connectivity index (χ3n) is 5.58. The van der Waals surface area contributed by atoms with Crippen LogP contribution in [-0.4, -0.2) is 20.7 Å². The van der Waals surface area contributed by atoms with E-state index in [1.165, 1.54) is 44.1 Å². The third-order valence-corrected chi connectivity index (χ3v) is 6.56. The summed E-state index contributed by atoms with van der Waals surface area (Å²) in [6.07, 6.45) is 12.8. The van der Waals surface area contributed by atoms with E-state index in [1.807, 2.05) is 20.0 Å². The molecule has 0 aliphatic heterocycles. The summed E-state index contributed by atoms with van der Waals surface area (Å²) >= 11 is 1.64. The average Bonchev–Trinajstić information content (AvgIpc) is 2.77. The molecular weight excluding hydrogens is 402 g/mol. The number of hydrogen-bond donors (Lipinski definition) is 1. The van der Waals surface area contributed by atoms with E-state index < -0.39 is 0 Å². The van der Waals surface area contributed by atoms with Crippen LogP contribution < -0.4 is 5.56 Å². The fourth-order valence-electron chi connectivity index (χ4n) is 3.57. The molecule has 3 rings (SSSR count). The Balaban J connectivity index is 1.30. The van der Waals surface area contributed by atoms with Crippen molar-refractivity contribution in [2.45, 2.75) is 70.4 Å². The highest BCUT2D eigenvalue weighted by atomic mass is 32.2. The molecule has 0 aliphatic rings. The monoisotopic (exact) mass is 435 g/mol. The number of unbranched alkanes of at least 4 members (excludes halogenated alkanes) is 5. The number of H-pyrrole nitrogens is 1. The van der Waals surface area contributed by atoms with Crippen LogP contribution in [0.3, 0.4) is 0 Å². The first-order valence-electron chi connectivity index (χ1n) is 11.3. The summed E-state index contributed by atoms with van der Waals surface area (Å²) in [5.41, 5.74) is 5.29. The van der Waals surface area contributed by atoms with E-state index in [0.29, 0.717) is 12.0 Å². The Labute approximate surface area is 190 Å². The van der Waals surface area contributed by atoms with Crippen molar-refractivity contribution < 1.29 is 0 Å². The molecule has 0 unspecified atom stereocenters. The predicted molar refractivity (Wildman–Crippen MR) is 130 cm³/mol. The number of pyridine rings is 1. The van der Waals surface area contributed by atoms with Crippen LogP contribution in [0.25, 0.3) is 0 Å². The third kappa shape index (κ3) is 7.98. The summed E-state index contributed by atoms with van der Waals surface area (Å²) in [7, 11) is 0. The molecule has 3 aromatic rings. The molecule has 1 aromatic carbocycles. The molecule has 31 heavy (non-hydrogen) atoms. The van der Waals surface area contributed by atoms with E-state index in [1.54, 1.807) is 18.0 Å². The molecule has 5 heteroatoms. The summed E-state index contributed by atoms with van der Waals surface area (Å²) < 4.78 is 0. The summed E-state index contributed by atoms with van der Waals surface area (Å²) in [6.45, 7) is 4.03. The van der Waals surface area contributed by atoms with Crippen molar-refractivity contribution in [3.8, 4) is 0 Å². The van der Waals surface area contributed by atoms with Crippen molar-refractivity contribution >= 4 is 11.8 Å². The number of nitrogens with one attached hydrogen (secondary N) is 1. The number of benzene rings is 1. The van der Waals surface area contributed by atoms with E-state index >= 15 is 0 Å². The number of rotatable bonds is 12. The first-order chi connectivity index (χ1) is 15.1. The second-order valence-corrected chi connectivity index (χ2v) is 9.25. The lowest BCUT2D eigenvalue weighted by Gasteiger charge is -2.06. The van der Waals surface area contributed by atoms with Gasteiger partial charge in [-0.1, -0.05) is 73.8 Å². The van der Waals surface area contributed by atoms with Gasteiger partial charge in [-0.2, -0.15) is 0 Å². The molecule has 0 saturated heterocycles. The van der Waals surface area contributed by atoms with Crippen molar-refractivity contribution in [1.82, 2.24) is 15.0 Å². The number of thioether (sulfide) groups is 1. The molecule has 164 valence electrons. The molecule has 0 atom stereocenters. The van der Waals surface area contributed by atoms with Crippen LogP contribution in [-0.2, 0) is 12.8 Å². The van der Waals surface area contributed by atoms with E-state index in [-0.39, 0.29) is 5.56 Å². The Morgan fingerprint density at radius 3 is 2.35 bits per heavy atom. The first-order valence-corrected chi connectivity index (χ1v) is 12.3. The van der Waals surface area contributed by atoms with E-state index in [0.717, 1.165) is 34.2 Å². The van der Waals surface area contributed by atoms with Gasteiger partial charge in [0.2, 0.25) is 0 Å². The van der Waals surface area contributed by atoms with Crippen molar-refractivity contribution in [3.05, 3.63) is 87.1 Å². The lowest BCUT2D eigenvalue weighted by molar-refractivity contribution is 0.609. The zero-order valence-corrected chi connectivity index (χ0v) is 19.5. The number of nitrogens with zero attached hydrogens (tertiary/aromatic N) is 2. The van der Waals surface area contributed by atoms with Gasteiger partial charge in [0.15, 0.2) is 5.16 Å². The van der Waals surface area contributed by atoms with Crippen molar-refractivity contribution in [2.75, 3.05) is 5.75 Å². The van der Waals surface area contributed by atoms with Crippen LogP contribution in [0.5, 0.6) is 0 Å². The van der Waals surface area contributed by atoms with Gasteiger partial charge in [-0.3, -0.25) is 9.78 Å². The summed E-state index contributed by atoms with van der Waals surface area (Å²) in [4.78, 5) is 24.2. The molecule has 0 radical (unpaired) electrons. The maximum Gasteiger partial charge on any atom is 0.255 e. The second kappa shape index (κ2) is 12.5. The van der Waals surface area contributed by atoms with Crippen LogP contribution >= 0.6 is 11.8 Å². The van der Waals surface area contributed by atoms with Crippen LogP contribution in [0.15, 0.2) is 58.7 Å². The molecule has 0 saturated carbocycles. The Bertz CT molecular complexity index is 1000. The lowest BCUT2D eigenvalue weighted by atomic mass is 10.1. The summed E-state index contributed by atoms with van der Waals surface area (Å²) in [6, 6.07) is 12.8. The maximum absolute atomic E-state index is 12.4. The fraction of sp³-hybridized carbons (Fsp3) is 0.423. The van der Waals surface area contributed by atoms with Crippen LogP contribution in [0.1, 0.15) is 66.5 Å². The van der Waals surface area contributed by atoms with Crippen molar-refractivity contribution in [3.63, 3.8) is 0 Å². The Morgan fingerprint density at radius 2 is 1.61 bits per heavy atom. The van der Waals surface area contributed by atoms with Gasteiger partial charge in [0, 0.05) is 35.8 Å². The van der Waals surface area contributed by atoms with Gasteiger partial charge in [-0.05, 0) is 49.8 Å². The van der Waals surface area contributed by atoms with Gasteiger partial charge in [0.1, 0.15) is 0 Å². The normalized spacial score (nSPS) is 11.0. The molecule has 1 N–H and O–H groups in total. The van der Waals surface area contributed by atoms with Gasteiger partial charge in [-0.15, -0.1) is 0 Å². The number of aryl methyl sites for hydroxylation is 3. The van der Waals surface area contributed by atoms with Gasteiger partial charge < -0.3 is 4.98 Å². The summed E-state index contributed by atoms with van der Waals surface area (Å²) in [5.74, 6) is 0.993. The lowest BCUT2D eigenvalue weighted by Crippen LogP contribution is -2.15. The van der Waals surface area contributed by atoms with Gasteiger partial charge >= 0.3 is 0 Å². The standard InChI is InChI=1S/C26H33N3OS/c1-20-16-23(18-27-21(20)2)17-24-19-28-26(29-25(24)30)31-15-11-6-4-3-5-8-12-22-13-9-7-10-14-22/h7,9-10,13-14,16,18-19H,3-6,8,11-12,15,17H2,1-2H3,(H,28,29,30). The highest BCUT2D eigenvalue weighted by Gasteiger charge is 2.06. The van der Waals surface area contributed by atoms with Gasteiger partial charge in [0.25, 0.3) is 5.56 Å². The zero-order valence-electron chi connectivity index (χ0n) is 18.7.